The van der Waals surface area contributed by atoms with E-state index in [4.69, 9.17) is 10.0 Å². The predicted molar refractivity (Wildman–Crippen MR) is 99.4 cm³/mol. The predicted octanol–water partition coefficient (Wildman–Crippen LogP) is 2.81. The van der Waals surface area contributed by atoms with Crippen LogP contribution < -0.4 is 5.32 Å². The number of hydrogen-bond acceptors (Lipinski definition) is 4. The highest BCUT2D eigenvalue weighted by Gasteiger charge is 2.18. The van der Waals surface area contributed by atoms with E-state index < -0.39 is 7.12 Å². The van der Waals surface area contributed by atoms with Gasteiger partial charge < -0.3 is 15.4 Å². The number of rotatable bonds is 12. The normalized spacial score (nSPS) is 17.0. The molecule has 4 nitrogen and oxygen atoms in total. The molecule has 0 saturated heterocycles. The minimum atomic E-state index is -1.47. The third-order valence-corrected chi connectivity index (χ3v) is 4.37. The van der Waals surface area contributed by atoms with E-state index in [1.807, 2.05) is 6.08 Å². The summed E-state index contributed by atoms with van der Waals surface area (Å²) in [6, 6.07) is -0.129. The third-order valence-electron chi connectivity index (χ3n) is 4.05. The minimum Gasteiger partial charge on any atom is -0.423 e. The first-order valence-corrected chi connectivity index (χ1v) is 9.41. The maximum Gasteiger partial charge on any atom is 0.488 e. The van der Waals surface area contributed by atoms with Gasteiger partial charge in [0.1, 0.15) is 0 Å². The van der Waals surface area contributed by atoms with Crippen molar-refractivity contribution in [2.24, 2.45) is 0 Å². The first-order valence-electron chi connectivity index (χ1n) is 8.78. The summed E-state index contributed by atoms with van der Waals surface area (Å²) in [4.78, 5) is 11.9. The largest absolute Gasteiger partial charge is 0.488 e. The molecule has 3 N–H and O–H groups in total. The molecule has 0 saturated carbocycles. The molecule has 1 aliphatic carbocycles. The monoisotopic (exact) mass is 339 g/mol. The molecule has 1 amide bonds. The molecule has 6 heteroatoms. The highest BCUT2D eigenvalue weighted by Crippen LogP contribution is 2.13. The van der Waals surface area contributed by atoms with Crippen molar-refractivity contribution in [3.8, 4) is 0 Å². The zero-order chi connectivity index (χ0) is 16.9. The van der Waals surface area contributed by atoms with E-state index in [-0.39, 0.29) is 11.9 Å². The molecule has 0 heterocycles. The van der Waals surface area contributed by atoms with Crippen LogP contribution in [0.5, 0.6) is 0 Å². The lowest BCUT2D eigenvalue weighted by atomic mass is 9.76. The van der Waals surface area contributed by atoms with Gasteiger partial charge in [0.2, 0.25) is 5.91 Å². The highest BCUT2D eigenvalue weighted by molar-refractivity contribution is 7.80. The number of thiol groups is 1. The number of hydrogen-bond donors (Lipinski definition) is 4. The van der Waals surface area contributed by atoms with Crippen LogP contribution in [-0.4, -0.2) is 34.9 Å². The topological polar surface area (TPSA) is 69.6 Å². The van der Waals surface area contributed by atoms with Gasteiger partial charge in [-0.05, 0) is 30.5 Å². The average molecular weight is 339 g/mol. The minimum absolute atomic E-state index is 0.0436. The van der Waals surface area contributed by atoms with Gasteiger partial charge in [0, 0.05) is 6.42 Å². The fourth-order valence-electron chi connectivity index (χ4n) is 2.72. The Morgan fingerprint density at radius 3 is 2.35 bits per heavy atom. The molecule has 0 aromatic carbocycles. The molecule has 23 heavy (non-hydrogen) atoms. The van der Waals surface area contributed by atoms with E-state index in [1.54, 1.807) is 12.2 Å². The van der Waals surface area contributed by atoms with Crippen LogP contribution in [0.3, 0.4) is 0 Å². The molecule has 0 aromatic rings. The van der Waals surface area contributed by atoms with Crippen molar-refractivity contribution in [2.45, 2.75) is 70.3 Å². The van der Waals surface area contributed by atoms with Crippen LogP contribution in [-0.2, 0) is 4.79 Å². The zero-order valence-electron chi connectivity index (χ0n) is 13.9. The van der Waals surface area contributed by atoms with E-state index in [0.717, 1.165) is 18.6 Å². The van der Waals surface area contributed by atoms with Gasteiger partial charge in [-0.1, -0.05) is 56.8 Å². The second-order valence-electron chi connectivity index (χ2n) is 6.15. The van der Waals surface area contributed by atoms with Crippen LogP contribution in [0, 0.1) is 0 Å². The summed E-state index contributed by atoms with van der Waals surface area (Å²) in [5.41, 5.74) is 0.444. The van der Waals surface area contributed by atoms with E-state index in [0.29, 0.717) is 18.3 Å². The quantitative estimate of drug-likeness (QED) is 0.251. The van der Waals surface area contributed by atoms with Crippen molar-refractivity contribution in [3.63, 3.8) is 0 Å². The summed E-state index contributed by atoms with van der Waals surface area (Å²) < 4.78 is 0. The Labute approximate surface area is 146 Å². The molecular weight excluding hydrogens is 309 g/mol. The first-order chi connectivity index (χ1) is 11.1. The summed E-state index contributed by atoms with van der Waals surface area (Å²) in [5.74, 6) is 1.03. The molecule has 0 fully saturated rings. The van der Waals surface area contributed by atoms with Gasteiger partial charge in [-0.2, -0.15) is 12.6 Å². The van der Waals surface area contributed by atoms with Gasteiger partial charge >= 0.3 is 7.12 Å². The van der Waals surface area contributed by atoms with E-state index in [2.05, 4.69) is 17.9 Å². The number of carbonyl (C=O) groups is 1. The van der Waals surface area contributed by atoms with Crippen molar-refractivity contribution in [1.29, 1.82) is 0 Å². The second-order valence-corrected chi connectivity index (χ2v) is 6.60. The van der Waals surface area contributed by atoms with Crippen LogP contribution in [0.1, 0.15) is 64.2 Å². The fraction of sp³-hybridized carbons (Fsp3) is 0.706. The number of nitrogens with one attached hydrogen (secondary N) is 1. The summed E-state index contributed by atoms with van der Waals surface area (Å²) in [7, 11) is -1.47. The Hall–Kier alpha value is -0.715. The van der Waals surface area contributed by atoms with Crippen LogP contribution in [0.2, 0.25) is 0 Å². The van der Waals surface area contributed by atoms with Crippen molar-refractivity contribution in [3.05, 3.63) is 23.7 Å². The van der Waals surface area contributed by atoms with Crippen LogP contribution in [0.4, 0.5) is 0 Å². The maximum atomic E-state index is 11.9. The lowest BCUT2D eigenvalue weighted by Crippen LogP contribution is -2.35. The van der Waals surface area contributed by atoms with Crippen molar-refractivity contribution < 1.29 is 14.8 Å². The second kappa shape index (κ2) is 12.7. The number of carbonyl (C=O) groups excluding carboxylic acids is 1. The van der Waals surface area contributed by atoms with Gasteiger partial charge in [0.15, 0.2) is 0 Å². The van der Waals surface area contributed by atoms with E-state index in [1.165, 1.54) is 38.5 Å². The van der Waals surface area contributed by atoms with Crippen LogP contribution in [0.25, 0.3) is 0 Å². The fourth-order valence-corrected chi connectivity index (χ4v) is 2.94. The maximum absolute atomic E-state index is 11.9. The lowest BCUT2D eigenvalue weighted by molar-refractivity contribution is -0.121. The van der Waals surface area contributed by atoms with Crippen LogP contribution in [0.15, 0.2) is 23.7 Å². The third kappa shape index (κ3) is 9.89. The van der Waals surface area contributed by atoms with Gasteiger partial charge in [-0.25, -0.2) is 0 Å². The molecule has 1 aliphatic rings. The van der Waals surface area contributed by atoms with Gasteiger partial charge in [0.25, 0.3) is 0 Å². The number of unbranched alkanes of at least 4 members (excludes halogenated alkanes) is 7. The Morgan fingerprint density at radius 2 is 1.74 bits per heavy atom. The summed E-state index contributed by atoms with van der Waals surface area (Å²) >= 11 is 4.20. The molecular formula is C17H30BNO3S. The Bertz CT molecular complexity index is 399. The first kappa shape index (κ1) is 20.3. The molecule has 1 rings (SSSR count). The Kier molecular flexibility index (Phi) is 11.2. The highest BCUT2D eigenvalue weighted by atomic mass is 32.1. The molecule has 1 atom stereocenters. The molecule has 0 aromatic heterocycles. The summed E-state index contributed by atoms with van der Waals surface area (Å²) in [5, 5.41) is 21.2. The zero-order valence-corrected chi connectivity index (χ0v) is 14.8. The van der Waals surface area contributed by atoms with Crippen molar-refractivity contribution >= 4 is 25.7 Å². The average Bonchev–Trinajstić information content (AvgIpc) is 2.53. The SMILES string of the molecule is O=C(CCCCCCCCCCS)NC1C=C(B(O)O)C=CC1. The van der Waals surface area contributed by atoms with Gasteiger partial charge in [-0.3, -0.25) is 4.79 Å². The summed E-state index contributed by atoms with van der Waals surface area (Å²) in [6.07, 6.45) is 16.0. The van der Waals surface area contributed by atoms with Gasteiger partial charge in [0.05, 0.1) is 6.04 Å². The number of amides is 1. The standard InChI is InChI=1S/C17H30BNO3S/c20-17(12-7-5-3-1-2-4-6-8-13-23)19-16-11-9-10-15(14-16)18(21)22/h9-10,14,16,21-23H,1-8,11-13H2,(H,19,20). The molecule has 0 radical (unpaired) electrons. The van der Waals surface area contributed by atoms with E-state index >= 15 is 0 Å². The molecule has 0 aliphatic heterocycles. The lowest BCUT2D eigenvalue weighted by Gasteiger charge is -2.18. The molecule has 1 unspecified atom stereocenters. The van der Waals surface area contributed by atoms with Crippen molar-refractivity contribution in [2.75, 3.05) is 5.75 Å². The van der Waals surface area contributed by atoms with Crippen LogP contribution >= 0.6 is 12.6 Å². The van der Waals surface area contributed by atoms with Gasteiger partial charge in [-0.15, -0.1) is 0 Å². The number of allylic oxidation sites excluding steroid dienone is 2. The van der Waals surface area contributed by atoms with E-state index in [9.17, 15) is 4.79 Å². The molecule has 0 spiro atoms. The summed E-state index contributed by atoms with van der Waals surface area (Å²) in [6.45, 7) is 0. The Morgan fingerprint density at radius 1 is 1.13 bits per heavy atom. The molecule has 130 valence electrons. The Balaban J connectivity index is 2.03. The smallest absolute Gasteiger partial charge is 0.423 e. The molecule has 0 bridgehead atoms. The van der Waals surface area contributed by atoms with Crippen molar-refractivity contribution in [1.82, 2.24) is 5.32 Å².